The average molecular weight is 354 g/mol. The van der Waals surface area contributed by atoms with Crippen LogP contribution in [0.3, 0.4) is 0 Å². The fourth-order valence-corrected chi connectivity index (χ4v) is 3.49. The molecule has 2 aromatic rings. The summed E-state index contributed by atoms with van der Waals surface area (Å²) in [7, 11) is 3.34. The van der Waals surface area contributed by atoms with Crippen molar-refractivity contribution in [3.63, 3.8) is 0 Å². The minimum absolute atomic E-state index is 0.00242. The highest BCUT2D eigenvalue weighted by Gasteiger charge is 2.30. The van der Waals surface area contributed by atoms with Crippen molar-refractivity contribution in [2.75, 3.05) is 32.6 Å². The van der Waals surface area contributed by atoms with E-state index in [-0.39, 0.29) is 11.9 Å². The molecule has 0 aromatic heterocycles. The first kappa shape index (κ1) is 18.3. The molecule has 0 unspecified atom stereocenters. The van der Waals surface area contributed by atoms with E-state index in [1.54, 1.807) is 14.2 Å². The first-order chi connectivity index (χ1) is 12.6. The van der Waals surface area contributed by atoms with E-state index < -0.39 is 0 Å². The zero-order chi connectivity index (χ0) is 18.5. The Morgan fingerprint density at radius 1 is 1.15 bits per heavy atom. The van der Waals surface area contributed by atoms with Crippen LogP contribution >= 0.6 is 0 Å². The van der Waals surface area contributed by atoms with Crippen LogP contribution in [0.5, 0.6) is 11.5 Å². The second kappa shape index (κ2) is 8.23. The molecule has 1 aliphatic heterocycles. The standard InChI is InChI=1S/C21H26N2O3/c1-15-6-8-16(9-7-15)22-21(24)14-23-12-4-5-19(23)18-13-17(25-2)10-11-20(18)26-3/h6-11,13,19H,4-5,12,14H2,1-3H3,(H,22,24)/t19-/m0/s1. The Morgan fingerprint density at radius 2 is 1.92 bits per heavy atom. The number of anilines is 1. The molecule has 1 saturated heterocycles. The van der Waals surface area contributed by atoms with E-state index in [2.05, 4.69) is 10.2 Å². The third-order valence-corrected chi connectivity index (χ3v) is 4.84. The van der Waals surface area contributed by atoms with Crippen LogP contribution in [0.4, 0.5) is 5.69 Å². The number of methoxy groups -OCH3 is 2. The molecule has 1 atom stereocenters. The molecule has 0 spiro atoms. The van der Waals surface area contributed by atoms with E-state index >= 15 is 0 Å². The fourth-order valence-electron chi connectivity index (χ4n) is 3.49. The van der Waals surface area contributed by atoms with Crippen molar-refractivity contribution in [1.29, 1.82) is 0 Å². The molecule has 5 nitrogen and oxygen atoms in total. The molecule has 0 aliphatic carbocycles. The van der Waals surface area contributed by atoms with Crippen LogP contribution in [0, 0.1) is 6.92 Å². The molecule has 1 N–H and O–H groups in total. The molecule has 5 heteroatoms. The smallest absolute Gasteiger partial charge is 0.238 e. The molecule has 1 amide bonds. The van der Waals surface area contributed by atoms with Crippen molar-refractivity contribution in [3.8, 4) is 11.5 Å². The molecule has 1 aliphatic rings. The van der Waals surface area contributed by atoms with Crippen LogP contribution in [0.2, 0.25) is 0 Å². The van der Waals surface area contributed by atoms with E-state index in [4.69, 9.17) is 9.47 Å². The maximum Gasteiger partial charge on any atom is 0.238 e. The summed E-state index contributed by atoms with van der Waals surface area (Å²) in [6.45, 7) is 3.28. The minimum Gasteiger partial charge on any atom is -0.497 e. The van der Waals surface area contributed by atoms with E-state index in [0.29, 0.717) is 6.54 Å². The second-order valence-corrected chi connectivity index (χ2v) is 6.65. The number of nitrogens with one attached hydrogen (secondary N) is 1. The SMILES string of the molecule is COc1ccc(OC)c([C@@H]2CCCN2CC(=O)Nc2ccc(C)cc2)c1. The van der Waals surface area contributed by atoms with Gasteiger partial charge in [0.1, 0.15) is 11.5 Å². The molecule has 26 heavy (non-hydrogen) atoms. The zero-order valence-electron chi connectivity index (χ0n) is 15.6. The number of benzene rings is 2. The van der Waals surface area contributed by atoms with Crippen LogP contribution in [0.1, 0.15) is 30.0 Å². The summed E-state index contributed by atoms with van der Waals surface area (Å²) in [5, 5.41) is 2.98. The number of nitrogens with zero attached hydrogens (tertiary/aromatic N) is 1. The van der Waals surface area contributed by atoms with Gasteiger partial charge < -0.3 is 14.8 Å². The lowest BCUT2D eigenvalue weighted by molar-refractivity contribution is -0.117. The topological polar surface area (TPSA) is 50.8 Å². The molecular formula is C21H26N2O3. The van der Waals surface area contributed by atoms with Gasteiger partial charge in [-0.25, -0.2) is 0 Å². The molecule has 1 heterocycles. The highest BCUT2D eigenvalue weighted by molar-refractivity contribution is 5.92. The van der Waals surface area contributed by atoms with Gasteiger partial charge in [-0.3, -0.25) is 9.69 Å². The van der Waals surface area contributed by atoms with Gasteiger partial charge in [0.05, 0.1) is 20.8 Å². The Kier molecular flexibility index (Phi) is 5.78. The lowest BCUT2D eigenvalue weighted by Crippen LogP contribution is -2.33. The number of aryl methyl sites for hydroxylation is 1. The Hall–Kier alpha value is -2.53. The average Bonchev–Trinajstić information content (AvgIpc) is 3.10. The van der Waals surface area contributed by atoms with Gasteiger partial charge in [-0.15, -0.1) is 0 Å². The van der Waals surface area contributed by atoms with Crippen molar-refractivity contribution in [2.24, 2.45) is 0 Å². The molecule has 0 bridgehead atoms. The van der Waals surface area contributed by atoms with Gasteiger partial charge in [0.2, 0.25) is 5.91 Å². The van der Waals surface area contributed by atoms with E-state index in [1.807, 2.05) is 49.4 Å². The summed E-state index contributed by atoms with van der Waals surface area (Å²) in [5.41, 5.74) is 3.08. The third-order valence-electron chi connectivity index (χ3n) is 4.84. The number of rotatable bonds is 6. The number of hydrogen-bond donors (Lipinski definition) is 1. The largest absolute Gasteiger partial charge is 0.497 e. The van der Waals surface area contributed by atoms with Crippen LogP contribution in [-0.2, 0) is 4.79 Å². The third kappa shape index (κ3) is 4.17. The summed E-state index contributed by atoms with van der Waals surface area (Å²) in [5.74, 6) is 1.64. The lowest BCUT2D eigenvalue weighted by atomic mass is 10.0. The molecule has 0 saturated carbocycles. The first-order valence-corrected chi connectivity index (χ1v) is 8.93. The number of carbonyl (C=O) groups is 1. The fraction of sp³-hybridized carbons (Fsp3) is 0.381. The summed E-state index contributed by atoms with van der Waals surface area (Å²) < 4.78 is 10.9. The van der Waals surface area contributed by atoms with E-state index in [1.165, 1.54) is 5.56 Å². The monoisotopic (exact) mass is 354 g/mol. The van der Waals surface area contributed by atoms with Gasteiger partial charge in [0.15, 0.2) is 0 Å². The Labute approximate surface area is 154 Å². The Bertz CT molecular complexity index is 758. The summed E-state index contributed by atoms with van der Waals surface area (Å²) in [6.07, 6.45) is 2.06. The molecule has 3 rings (SSSR count). The molecular weight excluding hydrogens is 328 g/mol. The van der Waals surface area contributed by atoms with Crippen molar-refractivity contribution >= 4 is 11.6 Å². The Morgan fingerprint density at radius 3 is 2.62 bits per heavy atom. The van der Waals surface area contributed by atoms with Gasteiger partial charge in [-0.05, 0) is 56.6 Å². The van der Waals surface area contributed by atoms with Gasteiger partial charge in [0, 0.05) is 17.3 Å². The van der Waals surface area contributed by atoms with E-state index in [0.717, 1.165) is 42.1 Å². The summed E-state index contributed by atoms with van der Waals surface area (Å²) >= 11 is 0. The maximum atomic E-state index is 12.5. The normalized spacial score (nSPS) is 17.1. The summed E-state index contributed by atoms with van der Waals surface area (Å²) in [6, 6.07) is 13.8. The van der Waals surface area contributed by atoms with Crippen molar-refractivity contribution in [3.05, 3.63) is 53.6 Å². The zero-order valence-corrected chi connectivity index (χ0v) is 15.6. The Balaban J connectivity index is 1.72. The number of likely N-dealkylation sites (tertiary alicyclic amines) is 1. The lowest BCUT2D eigenvalue weighted by Gasteiger charge is -2.26. The highest BCUT2D eigenvalue weighted by Crippen LogP contribution is 2.38. The van der Waals surface area contributed by atoms with Crippen molar-refractivity contribution in [1.82, 2.24) is 4.90 Å². The quantitative estimate of drug-likeness (QED) is 0.857. The highest BCUT2D eigenvalue weighted by atomic mass is 16.5. The van der Waals surface area contributed by atoms with Crippen LogP contribution < -0.4 is 14.8 Å². The maximum absolute atomic E-state index is 12.5. The predicted molar refractivity (Wildman–Crippen MR) is 103 cm³/mol. The number of hydrogen-bond acceptors (Lipinski definition) is 4. The van der Waals surface area contributed by atoms with Gasteiger partial charge in [-0.2, -0.15) is 0 Å². The molecule has 138 valence electrons. The summed E-state index contributed by atoms with van der Waals surface area (Å²) in [4.78, 5) is 14.7. The molecule has 1 fully saturated rings. The van der Waals surface area contributed by atoms with Gasteiger partial charge in [-0.1, -0.05) is 17.7 Å². The number of carbonyl (C=O) groups excluding carboxylic acids is 1. The van der Waals surface area contributed by atoms with Gasteiger partial charge >= 0.3 is 0 Å². The van der Waals surface area contributed by atoms with E-state index in [9.17, 15) is 4.79 Å². The molecule has 2 aromatic carbocycles. The number of amides is 1. The van der Waals surface area contributed by atoms with Crippen LogP contribution in [0.25, 0.3) is 0 Å². The van der Waals surface area contributed by atoms with Crippen LogP contribution in [-0.4, -0.2) is 38.1 Å². The molecule has 0 radical (unpaired) electrons. The van der Waals surface area contributed by atoms with Gasteiger partial charge in [0.25, 0.3) is 0 Å². The van der Waals surface area contributed by atoms with Crippen molar-refractivity contribution < 1.29 is 14.3 Å². The minimum atomic E-state index is 0.00242. The second-order valence-electron chi connectivity index (χ2n) is 6.65. The van der Waals surface area contributed by atoms with Crippen molar-refractivity contribution in [2.45, 2.75) is 25.8 Å². The predicted octanol–water partition coefficient (Wildman–Crippen LogP) is 3.79. The first-order valence-electron chi connectivity index (χ1n) is 8.93. The number of ether oxygens (including phenoxy) is 2. The van der Waals surface area contributed by atoms with Crippen LogP contribution in [0.15, 0.2) is 42.5 Å².